The van der Waals surface area contributed by atoms with Crippen LogP contribution < -0.4 is 10.1 Å². The molecule has 4 nitrogen and oxygen atoms in total. The van der Waals surface area contributed by atoms with Crippen molar-refractivity contribution in [3.63, 3.8) is 0 Å². The normalized spacial score (nSPS) is 12.0. The summed E-state index contributed by atoms with van der Waals surface area (Å²) in [5.74, 6) is 0.845. The van der Waals surface area contributed by atoms with Crippen LogP contribution in [0.5, 0.6) is 5.75 Å². The maximum absolute atomic E-state index is 11.5. The van der Waals surface area contributed by atoms with E-state index in [9.17, 15) is 4.79 Å². The Morgan fingerprint density at radius 1 is 1.27 bits per heavy atom. The maximum atomic E-state index is 11.5. The van der Waals surface area contributed by atoms with E-state index in [1.54, 1.807) is 0 Å². The van der Waals surface area contributed by atoms with Crippen LogP contribution in [0.1, 0.15) is 33.3 Å². The van der Waals surface area contributed by atoms with Crippen LogP contribution in [0.25, 0.3) is 0 Å². The lowest BCUT2D eigenvalue weighted by molar-refractivity contribution is 0.0528. The summed E-state index contributed by atoms with van der Waals surface area (Å²) in [6.45, 7) is 8.70. The fraction of sp³-hybridized carbons (Fsp3) is 0.471. The van der Waals surface area contributed by atoms with Crippen molar-refractivity contribution in [2.75, 3.05) is 13.2 Å². The molecule has 0 radical (unpaired) electrons. The van der Waals surface area contributed by atoms with Crippen molar-refractivity contribution in [3.05, 3.63) is 39.5 Å². The molecule has 1 aromatic rings. The van der Waals surface area contributed by atoms with Gasteiger partial charge in [-0.05, 0) is 84.1 Å². The summed E-state index contributed by atoms with van der Waals surface area (Å²) in [6.07, 6.45) is 2.40. The van der Waals surface area contributed by atoms with Crippen LogP contribution in [-0.2, 0) is 11.2 Å². The molecule has 1 rings (SSSR count). The number of halogens is 1. The van der Waals surface area contributed by atoms with Gasteiger partial charge in [-0.3, -0.25) is 0 Å². The number of allylic oxidation sites excluding steroid dienone is 1. The van der Waals surface area contributed by atoms with Crippen LogP contribution in [-0.4, -0.2) is 24.8 Å². The number of nitrogens with one attached hydrogen (secondary N) is 1. The van der Waals surface area contributed by atoms with Gasteiger partial charge in [-0.2, -0.15) is 0 Å². The molecule has 0 aliphatic rings. The summed E-state index contributed by atoms with van der Waals surface area (Å²) >= 11 is 2.26. The molecule has 1 aromatic carbocycles. The van der Waals surface area contributed by atoms with E-state index in [2.05, 4.69) is 27.9 Å². The lowest BCUT2D eigenvalue weighted by Crippen LogP contribution is -2.33. The molecule has 0 aliphatic heterocycles. The second-order valence-corrected chi connectivity index (χ2v) is 7.63. The molecular weight excluding hydrogens is 393 g/mol. The van der Waals surface area contributed by atoms with E-state index in [1.807, 2.05) is 58.0 Å². The van der Waals surface area contributed by atoms with Crippen LogP contribution >= 0.6 is 22.6 Å². The lowest BCUT2D eigenvalue weighted by atomic mass is 10.1. The second kappa shape index (κ2) is 9.02. The summed E-state index contributed by atoms with van der Waals surface area (Å²) in [5, 5.41) is 2.75. The molecule has 5 heteroatoms. The third-order valence-corrected chi connectivity index (χ3v) is 3.06. The Bertz CT molecular complexity index is 500. The Kier molecular flexibility index (Phi) is 7.72. The number of hydrogen-bond donors (Lipinski definition) is 1. The maximum Gasteiger partial charge on any atom is 0.407 e. The zero-order valence-corrected chi connectivity index (χ0v) is 15.8. The quantitative estimate of drug-likeness (QED) is 0.695. The number of rotatable bonds is 6. The van der Waals surface area contributed by atoms with Gasteiger partial charge < -0.3 is 14.8 Å². The molecule has 0 atom stereocenters. The van der Waals surface area contributed by atoms with Crippen LogP contribution in [0.3, 0.4) is 0 Å². The predicted octanol–water partition coefficient (Wildman–Crippen LogP) is 4.47. The molecule has 1 N–H and O–H groups in total. The Morgan fingerprint density at radius 2 is 1.91 bits per heavy atom. The van der Waals surface area contributed by atoms with Crippen LogP contribution in [0, 0.1) is 0 Å². The van der Waals surface area contributed by atoms with Gasteiger partial charge in [0.15, 0.2) is 0 Å². The van der Waals surface area contributed by atoms with E-state index in [-0.39, 0.29) is 6.09 Å². The van der Waals surface area contributed by atoms with Crippen molar-refractivity contribution in [1.82, 2.24) is 5.32 Å². The van der Waals surface area contributed by atoms with E-state index in [0.717, 1.165) is 17.7 Å². The van der Waals surface area contributed by atoms with Crippen molar-refractivity contribution in [3.8, 4) is 5.75 Å². The number of carbonyl (C=O) groups is 1. The summed E-state index contributed by atoms with van der Waals surface area (Å²) < 4.78 is 12.0. The molecule has 1 amide bonds. The van der Waals surface area contributed by atoms with Crippen LogP contribution in [0.15, 0.2) is 33.9 Å². The molecule has 0 unspecified atom stereocenters. The fourth-order valence-electron chi connectivity index (χ4n) is 1.63. The highest BCUT2D eigenvalue weighted by Gasteiger charge is 2.15. The average molecular weight is 417 g/mol. The molecule has 122 valence electrons. The highest BCUT2D eigenvalue weighted by molar-refractivity contribution is 14.1. The monoisotopic (exact) mass is 417 g/mol. The summed E-state index contributed by atoms with van der Waals surface area (Å²) in [6, 6.07) is 7.90. The van der Waals surface area contributed by atoms with Crippen molar-refractivity contribution in [2.24, 2.45) is 0 Å². The third kappa shape index (κ3) is 8.92. The first-order valence-corrected chi connectivity index (χ1v) is 8.35. The largest absolute Gasteiger partial charge is 0.490 e. The van der Waals surface area contributed by atoms with E-state index in [4.69, 9.17) is 9.47 Å². The standard InChI is InChI=1S/C17H24INO3/c1-13(18)10-12-21-15-7-5-14(6-8-15)9-11-19-16(20)22-17(2,3)4/h5-8,10H,9,11-12H2,1-4H3,(H,19,20)/b13-10-. The first kappa shape index (κ1) is 18.8. The van der Waals surface area contributed by atoms with Crippen molar-refractivity contribution >= 4 is 28.7 Å². The lowest BCUT2D eigenvalue weighted by Gasteiger charge is -2.19. The topological polar surface area (TPSA) is 47.6 Å². The van der Waals surface area contributed by atoms with Crippen molar-refractivity contribution < 1.29 is 14.3 Å². The SMILES string of the molecule is C/C(I)=C/COc1ccc(CCNC(=O)OC(C)(C)C)cc1. The number of hydrogen-bond acceptors (Lipinski definition) is 3. The van der Waals surface area contributed by atoms with E-state index < -0.39 is 5.60 Å². The summed E-state index contributed by atoms with van der Waals surface area (Å²) in [5.41, 5.74) is 0.678. The van der Waals surface area contributed by atoms with Gasteiger partial charge in [-0.1, -0.05) is 12.1 Å². The Morgan fingerprint density at radius 3 is 2.45 bits per heavy atom. The van der Waals surface area contributed by atoms with Crippen molar-refractivity contribution in [2.45, 2.75) is 39.7 Å². The molecule has 22 heavy (non-hydrogen) atoms. The highest BCUT2D eigenvalue weighted by Crippen LogP contribution is 2.13. The smallest absolute Gasteiger partial charge is 0.407 e. The summed E-state index contributed by atoms with van der Waals surface area (Å²) in [4.78, 5) is 11.5. The first-order valence-electron chi connectivity index (χ1n) is 7.27. The minimum atomic E-state index is -0.464. The molecule has 0 aromatic heterocycles. The minimum absolute atomic E-state index is 0.381. The first-order chi connectivity index (χ1) is 10.3. The van der Waals surface area contributed by atoms with E-state index >= 15 is 0 Å². The van der Waals surface area contributed by atoms with E-state index in [0.29, 0.717) is 13.2 Å². The molecule has 0 fully saturated rings. The Balaban J connectivity index is 2.32. The average Bonchev–Trinajstić information content (AvgIpc) is 2.38. The molecule has 0 aliphatic carbocycles. The number of ether oxygens (including phenoxy) is 2. The Hall–Kier alpha value is -1.24. The fourth-order valence-corrected chi connectivity index (χ4v) is 1.81. The summed E-state index contributed by atoms with van der Waals surface area (Å²) in [7, 11) is 0. The van der Waals surface area contributed by atoms with Gasteiger partial charge in [0, 0.05) is 6.54 Å². The molecule has 0 heterocycles. The third-order valence-electron chi connectivity index (χ3n) is 2.62. The van der Waals surface area contributed by atoms with Gasteiger partial charge in [-0.15, -0.1) is 0 Å². The second-order valence-electron chi connectivity index (χ2n) is 5.92. The predicted molar refractivity (Wildman–Crippen MR) is 97.7 cm³/mol. The molecular formula is C17H24INO3. The molecule has 0 saturated carbocycles. The Labute approximate surface area is 146 Å². The number of benzene rings is 1. The molecule has 0 spiro atoms. The molecule has 0 saturated heterocycles. The van der Waals surface area contributed by atoms with Gasteiger partial charge in [0.1, 0.15) is 18.0 Å². The van der Waals surface area contributed by atoms with Gasteiger partial charge in [0.2, 0.25) is 0 Å². The van der Waals surface area contributed by atoms with Crippen LogP contribution in [0.4, 0.5) is 4.79 Å². The van der Waals surface area contributed by atoms with Crippen LogP contribution in [0.2, 0.25) is 0 Å². The zero-order chi connectivity index (χ0) is 16.6. The molecule has 0 bridgehead atoms. The van der Waals surface area contributed by atoms with Gasteiger partial charge in [-0.25, -0.2) is 4.79 Å². The van der Waals surface area contributed by atoms with Gasteiger partial charge in [0.05, 0.1) is 0 Å². The van der Waals surface area contributed by atoms with Gasteiger partial charge in [0.25, 0.3) is 0 Å². The number of amides is 1. The zero-order valence-electron chi connectivity index (χ0n) is 13.6. The van der Waals surface area contributed by atoms with Crippen molar-refractivity contribution in [1.29, 1.82) is 0 Å². The minimum Gasteiger partial charge on any atom is -0.490 e. The van der Waals surface area contributed by atoms with E-state index in [1.165, 1.54) is 3.58 Å². The number of alkyl carbamates (subject to hydrolysis) is 1. The number of carbonyl (C=O) groups excluding carboxylic acids is 1. The highest BCUT2D eigenvalue weighted by atomic mass is 127. The van der Waals surface area contributed by atoms with Gasteiger partial charge >= 0.3 is 6.09 Å².